The molecule has 0 saturated heterocycles. The molecule has 0 aliphatic rings. The van der Waals surface area contributed by atoms with Gasteiger partial charge in [-0.15, -0.1) is 0 Å². The van der Waals surface area contributed by atoms with Crippen molar-refractivity contribution in [3.63, 3.8) is 0 Å². The van der Waals surface area contributed by atoms with E-state index in [9.17, 15) is 9.90 Å². The Kier molecular flexibility index (Phi) is 3.79. The van der Waals surface area contributed by atoms with Gasteiger partial charge in [0.25, 0.3) is 5.91 Å². The van der Waals surface area contributed by atoms with Crippen molar-refractivity contribution in [2.45, 2.75) is 6.92 Å². The van der Waals surface area contributed by atoms with Crippen molar-refractivity contribution in [2.24, 2.45) is 0 Å². The Morgan fingerprint density at radius 3 is 2.60 bits per heavy atom. The summed E-state index contributed by atoms with van der Waals surface area (Å²) in [6.45, 7) is 1.84. The predicted octanol–water partition coefficient (Wildman–Crippen LogP) is 2.54. The van der Waals surface area contributed by atoms with Crippen LogP contribution in [0.1, 0.15) is 15.9 Å². The highest BCUT2D eigenvalue weighted by molar-refractivity contribution is 6.04. The number of hydrogen-bond donors (Lipinski definition) is 3. The third kappa shape index (κ3) is 2.83. The number of phenolic OH excluding ortho intramolecular Hbond substituents is 1. The van der Waals surface area contributed by atoms with Gasteiger partial charge in [-0.1, -0.05) is 0 Å². The summed E-state index contributed by atoms with van der Waals surface area (Å²) in [6, 6.07) is 9.73. The van der Waals surface area contributed by atoms with E-state index in [0.717, 1.165) is 5.56 Å². The first-order chi connectivity index (χ1) is 9.51. The van der Waals surface area contributed by atoms with Gasteiger partial charge in [0.1, 0.15) is 0 Å². The van der Waals surface area contributed by atoms with Crippen molar-refractivity contribution in [1.29, 1.82) is 0 Å². The van der Waals surface area contributed by atoms with Gasteiger partial charge in [0, 0.05) is 23.0 Å². The molecule has 2 aromatic carbocycles. The number of rotatable bonds is 3. The highest BCUT2D eigenvalue weighted by atomic mass is 16.5. The van der Waals surface area contributed by atoms with E-state index in [0.29, 0.717) is 22.7 Å². The topological polar surface area (TPSA) is 84.6 Å². The van der Waals surface area contributed by atoms with Gasteiger partial charge in [0.15, 0.2) is 11.5 Å². The van der Waals surface area contributed by atoms with Gasteiger partial charge in [-0.2, -0.15) is 0 Å². The predicted molar refractivity (Wildman–Crippen MR) is 78.2 cm³/mol. The molecule has 1 amide bonds. The molecule has 0 aliphatic heterocycles. The second kappa shape index (κ2) is 5.52. The van der Waals surface area contributed by atoms with Crippen LogP contribution >= 0.6 is 0 Å². The number of anilines is 2. The van der Waals surface area contributed by atoms with Crippen molar-refractivity contribution in [3.8, 4) is 11.5 Å². The van der Waals surface area contributed by atoms with E-state index in [1.54, 1.807) is 30.3 Å². The average molecular weight is 272 g/mol. The molecule has 0 saturated carbocycles. The van der Waals surface area contributed by atoms with Crippen LogP contribution in [0.4, 0.5) is 11.4 Å². The molecule has 0 unspecified atom stereocenters. The van der Waals surface area contributed by atoms with Crippen molar-refractivity contribution >= 4 is 17.3 Å². The largest absolute Gasteiger partial charge is 0.504 e. The minimum atomic E-state index is -0.266. The number of nitrogen functional groups attached to an aromatic ring is 1. The first-order valence-corrected chi connectivity index (χ1v) is 6.05. The molecule has 0 heterocycles. The Labute approximate surface area is 117 Å². The van der Waals surface area contributed by atoms with Crippen molar-refractivity contribution in [3.05, 3.63) is 47.5 Å². The number of carbonyl (C=O) groups is 1. The maximum Gasteiger partial charge on any atom is 0.255 e. The number of aryl methyl sites for hydroxylation is 1. The summed E-state index contributed by atoms with van der Waals surface area (Å²) in [5, 5.41) is 12.4. The molecule has 5 nitrogen and oxygen atoms in total. The van der Waals surface area contributed by atoms with E-state index < -0.39 is 0 Å². The van der Waals surface area contributed by atoms with Gasteiger partial charge in [0.2, 0.25) is 0 Å². The standard InChI is InChI=1S/C15H16N2O3/c1-9-7-10(3-5-12(9)16)15(19)17-11-4-6-14(20-2)13(18)8-11/h3-8,18H,16H2,1-2H3,(H,17,19). The minimum absolute atomic E-state index is 0.0289. The van der Waals surface area contributed by atoms with Gasteiger partial charge < -0.3 is 20.9 Å². The summed E-state index contributed by atoms with van der Waals surface area (Å²) in [4.78, 5) is 12.1. The molecule has 0 atom stereocenters. The summed E-state index contributed by atoms with van der Waals surface area (Å²) < 4.78 is 4.94. The summed E-state index contributed by atoms with van der Waals surface area (Å²) in [7, 11) is 1.46. The van der Waals surface area contributed by atoms with E-state index in [-0.39, 0.29) is 11.7 Å². The molecule has 0 fully saturated rings. The van der Waals surface area contributed by atoms with Crippen molar-refractivity contribution in [1.82, 2.24) is 0 Å². The summed E-state index contributed by atoms with van der Waals surface area (Å²) in [6.07, 6.45) is 0. The van der Waals surface area contributed by atoms with Crippen LogP contribution < -0.4 is 15.8 Å². The van der Waals surface area contributed by atoms with Crippen LogP contribution in [-0.2, 0) is 0 Å². The zero-order valence-corrected chi connectivity index (χ0v) is 11.3. The van der Waals surface area contributed by atoms with Gasteiger partial charge in [-0.3, -0.25) is 4.79 Å². The lowest BCUT2D eigenvalue weighted by Crippen LogP contribution is -2.12. The third-order valence-electron chi connectivity index (χ3n) is 2.97. The molecular formula is C15H16N2O3. The Hall–Kier alpha value is -2.69. The zero-order valence-electron chi connectivity index (χ0n) is 11.3. The first kappa shape index (κ1) is 13.7. The number of amides is 1. The fourth-order valence-corrected chi connectivity index (χ4v) is 1.79. The molecule has 0 spiro atoms. The number of aromatic hydroxyl groups is 1. The zero-order chi connectivity index (χ0) is 14.7. The van der Waals surface area contributed by atoms with E-state index in [1.807, 2.05) is 6.92 Å². The first-order valence-electron chi connectivity index (χ1n) is 6.05. The van der Waals surface area contributed by atoms with Crippen LogP contribution in [0, 0.1) is 6.92 Å². The van der Waals surface area contributed by atoms with Gasteiger partial charge in [-0.25, -0.2) is 0 Å². The quantitative estimate of drug-likeness (QED) is 0.750. The number of ether oxygens (including phenoxy) is 1. The number of hydrogen-bond acceptors (Lipinski definition) is 4. The van der Waals surface area contributed by atoms with E-state index >= 15 is 0 Å². The molecule has 0 radical (unpaired) electrons. The normalized spacial score (nSPS) is 10.1. The Bertz CT molecular complexity index is 654. The molecule has 20 heavy (non-hydrogen) atoms. The van der Waals surface area contributed by atoms with E-state index in [1.165, 1.54) is 13.2 Å². The summed E-state index contributed by atoms with van der Waals surface area (Å²) in [5.41, 5.74) is 8.19. The second-order valence-corrected chi connectivity index (χ2v) is 4.41. The van der Waals surface area contributed by atoms with Gasteiger partial charge >= 0.3 is 0 Å². The summed E-state index contributed by atoms with van der Waals surface area (Å²) >= 11 is 0. The lowest BCUT2D eigenvalue weighted by atomic mass is 10.1. The highest BCUT2D eigenvalue weighted by Gasteiger charge is 2.09. The van der Waals surface area contributed by atoms with Crippen LogP contribution in [-0.4, -0.2) is 18.1 Å². The Morgan fingerprint density at radius 2 is 2.00 bits per heavy atom. The molecule has 2 rings (SSSR count). The fraction of sp³-hybridized carbons (Fsp3) is 0.133. The van der Waals surface area contributed by atoms with Crippen LogP contribution in [0.2, 0.25) is 0 Å². The lowest BCUT2D eigenvalue weighted by molar-refractivity contribution is 0.102. The SMILES string of the molecule is COc1ccc(NC(=O)c2ccc(N)c(C)c2)cc1O. The molecular weight excluding hydrogens is 256 g/mol. The molecule has 0 aromatic heterocycles. The molecule has 104 valence electrons. The number of phenols is 1. The smallest absolute Gasteiger partial charge is 0.255 e. The fourth-order valence-electron chi connectivity index (χ4n) is 1.79. The molecule has 2 aromatic rings. The second-order valence-electron chi connectivity index (χ2n) is 4.41. The van der Waals surface area contributed by atoms with Gasteiger partial charge in [0.05, 0.1) is 7.11 Å². The maximum absolute atomic E-state index is 12.1. The number of carbonyl (C=O) groups excluding carboxylic acids is 1. The van der Waals surface area contributed by atoms with Crippen molar-refractivity contribution in [2.75, 3.05) is 18.2 Å². The molecule has 0 bridgehead atoms. The number of nitrogens with two attached hydrogens (primary N) is 1. The van der Waals surface area contributed by atoms with Crippen LogP contribution in [0.5, 0.6) is 11.5 Å². The van der Waals surface area contributed by atoms with Crippen molar-refractivity contribution < 1.29 is 14.6 Å². The maximum atomic E-state index is 12.1. The monoisotopic (exact) mass is 272 g/mol. The third-order valence-corrected chi connectivity index (χ3v) is 2.97. The highest BCUT2D eigenvalue weighted by Crippen LogP contribution is 2.28. The average Bonchev–Trinajstić information content (AvgIpc) is 2.42. The van der Waals surface area contributed by atoms with E-state index in [4.69, 9.17) is 10.5 Å². The van der Waals surface area contributed by atoms with Crippen LogP contribution in [0.3, 0.4) is 0 Å². The van der Waals surface area contributed by atoms with Crippen LogP contribution in [0.15, 0.2) is 36.4 Å². The number of methoxy groups -OCH3 is 1. The minimum Gasteiger partial charge on any atom is -0.504 e. The Morgan fingerprint density at radius 1 is 1.25 bits per heavy atom. The van der Waals surface area contributed by atoms with E-state index in [2.05, 4.69) is 5.32 Å². The van der Waals surface area contributed by atoms with Crippen LogP contribution in [0.25, 0.3) is 0 Å². The lowest BCUT2D eigenvalue weighted by Gasteiger charge is -2.09. The number of nitrogens with one attached hydrogen (secondary N) is 1. The summed E-state index contributed by atoms with van der Waals surface area (Å²) in [5.74, 6) is 0.0581. The van der Waals surface area contributed by atoms with Gasteiger partial charge in [-0.05, 0) is 42.8 Å². The molecule has 5 heteroatoms. The number of benzene rings is 2. The molecule has 0 aliphatic carbocycles. The molecule has 4 N–H and O–H groups in total. The Balaban J connectivity index is 2.19.